The predicted molar refractivity (Wildman–Crippen MR) is 107 cm³/mol. The van der Waals surface area contributed by atoms with Crippen LogP contribution in [0.25, 0.3) is 0 Å². The third-order valence-electron chi connectivity index (χ3n) is 4.30. The van der Waals surface area contributed by atoms with Crippen LogP contribution in [0.3, 0.4) is 0 Å². The van der Waals surface area contributed by atoms with E-state index in [9.17, 15) is 0 Å². The van der Waals surface area contributed by atoms with Crippen molar-refractivity contribution in [3.63, 3.8) is 0 Å². The molecule has 1 atom stereocenters. The number of nitrogens with one attached hydrogen (secondary N) is 2. The maximum Gasteiger partial charge on any atom is 0.191 e. The van der Waals surface area contributed by atoms with Gasteiger partial charge in [0.25, 0.3) is 0 Å². The Labute approximate surface area is 154 Å². The lowest BCUT2D eigenvalue weighted by atomic mass is 10.0. The second-order valence-corrected chi connectivity index (χ2v) is 6.38. The molecule has 1 heterocycles. The summed E-state index contributed by atoms with van der Waals surface area (Å²) in [5.74, 6) is 1.58. The summed E-state index contributed by atoms with van der Waals surface area (Å²) in [5, 5.41) is 6.89. The quantitative estimate of drug-likeness (QED) is 0.283. The maximum atomic E-state index is 4.32. The van der Waals surface area contributed by atoms with Crippen molar-refractivity contribution in [2.45, 2.75) is 39.7 Å². The fourth-order valence-electron chi connectivity index (χ4n) is 2.75. The van der Waals surface area contributed by atoms with E-state index in [4.69, 9.17) is 0 Å². The third kappa shape index (κ3) is 7.97. The standard InChI is InChI=1S/C16H35N5.HI/c1-6-7-8-18-16(17-4)19-13-15(14(2)3)21-11-9-20(5)10-12-21;/h14-15H,6-13H2,1-5H3,(H2,17,18,19);1H. The monoisotopic (exact) mass is 425 g/mol. The van der Waals surface area contributed by atoms with Gasteiger partial charge in [-0.3, -0.25) is 9.89 Å². The molecule has 0 bridgehead atoms. The fraction of sp³-hybridized carbons (Fsp3) is 0.938. The Bertz CT molecular complexity index is 301. The number of nitrogens with zero attached hydrogens (tertiary/aromatic N) is 3. The second-order valence-electron chi connectivity index (χ2n) is 6.38. The van der Waals surface area contributed by atoms with Crippen molar-refractivity contribution in [3.05, 3.63) is 0 Å². The molecule has 1 unspecified atom stereocenters. The number of piperazine rings is 1. The number of guanidine groups is 1. The van der Waals surface area contributed by atoms with E-state index in [0.29, 0.717) is 12.0 Å². The molecule has 2 N–H and O–H groups in total. The Kier molecular flexibility index (Phi) is 12.3. The minimum Gasteiger partial charge on any atom is -0.356 e. The lowest BCUT2D eigenvalue weighted by Crippen LogP contribution is -2.55. The number of hydrogen-bond donors (Lipinski definition) is 2. The molecule has 0 saturated carbocycles. The van der Waals surface area contributed by atoms with Gasteiger partial charge in [0.1, 0.15) is 0 Å². The molecule has 0 aliphatic carbocycles. The molecule has 22 heavy (non-hydrogen) atoms. The zero-order valence-electron chi connectivity index (χ0n) is 15.1. The molecule has 1 aliphatic rings. The molecular weight excluding hydrogens is 389 g/mol. The van der Waals surface area contributed by atoms with Crippen LogP contribution in [0.1, 0.15) is 33.6 Å². The van der Waals surface area contributed by atoms with Gasteiger partial charge >= 0.3 is 0 Å². The van der Waals surface area contributed by atoms with E-state index in [0.717, 1.165) is 19.0 Å². The van der Waals surface area contributed by atoms with Gasteiger partial charge in [-0.15, -0.1) is 24.0 Å². The number of hydrogen-bond acceptors (Lipinski definition) is 3. The smallest absolute Gasteiger partial charge is 0.191 e. The number of aliphatic imine (C=N–C) groups is 1. The van der Waals surface area contributed by atoms with Gasteiger partial charge in [-0.1, -0.05) is 27.2 Å². The molecule has 1 fully saturated rings. The van der Waals surface area contributed by atoms with Gasteiger partial charge in [-0.05, 0) is 19.4 Å². The van der Waals surface area contributed by atoms with Gasteiger partial charge in [0.05, 0.1) is 0 Å². The molecule has 0 aromatic rings. The fourth-order valence-corrected chi connectivity index (χ4v) is 2.75. The normalized spacial score (nSPS) is 18.9. The molecule has 0 radical (unpaired) electrons. The number of rotatable bonds is 7. The summed E-state index contributed by atoms with van der Waals surface area (Å²) in [6.45, 7) is 13.5. The molecule has 0 amide bonds. The highest BCUT2D eigenvalue weighted by Crippen LogP contribution is 2.12. The Hall–Kier alpha value is -0.0800. The van der Waals surface area contributed by atoms with Gasteiger partial charge in [0, 0.05) is 52.4 Å². The largest absolute Gasteiger partial charge is 0.356 e. The zero-order chi connectivity index (χ0) is 15.7. The number of halogens is 1. The summed E-state index contributed by atoms with van der Waals surface area (Å²) in [6, 6.07) is 0.573. The SMILES string of the molecule is CCCCNC(=NC)NCC(C(C)C)N1CCN(C)CC1.I. The summed E-state index contributed by atoms with van der Waals surface area (Å²) in [5.41, 5.74) is 0. The zero-order valence-corrected chi connectivity index (χ0v) is 17.4. The first-order chi connectivity index (χ1) is 10.1. The molecule has 5 nitrogen and oxygen atoms in total. The molecule has 0 aromatic carbocycles. The van der Waals surface area contributed by atoms with Crippen molar-refractivity contribution in [3.8, 4) is 0 Å². The van der Waals surface area contributed by atoms with E-state index < -0.39 is 0 Å². The van der Waals surface area contributed by atoms with Crippen molar-refractivity contribution in [1.82, 2.24) is 20.4 Å². The van der Waals surface area contributed by atoms with Crippen molar-refractivity contribution in [2.24, 2.45) is 10.9 Å². The van der Waals surface area contributed by atoms with Gasteiger partial charge in [-0.2, -0.15) is 0 Å². The summed E-state index contributed by atoms with van der Waals surface area (Å²) < 4.78 is 0. The van der Waals surface area contributed by atoms with Crippen molar-refractivity contribution in [1.29, 1.82) is 0 Å². The third-order valence-corrected chi connectivity index (χ3v) is 4.30. The van der Waals surface area contributed by atoms with Crippen LogP contribution in [0.4, 0.5) is 0 Å². The average Bonchev–Trinajstić information content (AvgIpc) is 2.47. The van der Waals surface area contributed by atoms with Crippen LogP contribution in [0.15, 0.2) is 4.99 Å². The van der Waals surface area contributed by atoms with Crippen molar-refractivity contribution < 1.29 is 0 Å². The molecule has 1 rings (SSSR count). The highest BCUT2D eigenvalue weighted by Gasteiger charge is 2.24. The summed E-state index contributed by atoms with van der Waals surface area (Å²) in [6.07, 6.45) is 2.40. The summed E-state index contributed by atoms with van der Waals surface area (Å²) in [4.78, 5) is 9.35. The van der Waals surface area contributed by atoms with Crippen molar-refractivity contribution >= 4 is 29.9 Å². The first-order valence-electron chi connectivity index (χ1n) is 8.45. The van der Waals surface area contributed by atoms with E-state index in [-0.39, 0.29) is 24.0 Å². The van der Waals surface area contributed by atoms with E-state index in [2.05, 4.69) is 53.2 Å². The van der Waals surface area contributed by atoms with Crippen LogP contribution in [0.5, 0.6) is 0 Å². The van der Waals surface area contributed by atoms with Gasteiger partial charge in [-0.25, -0.2) is 0 Å². The number of likely N-dealkylation sites (N-methyl/N-ethyl adjacent to an activating group) is 1. The van der Waals surface area contributed by atoms with E-state index >= 15 is 0 Å². The Morgan fingerprint density at radius 2 is 1.77 bits per heavy atom. The molecule has 0 spiro atoms. The summed E-state index contributed by atoms with van der Waals surface area (Å²) >= 11 is 0. The maximum absolute atomic E-state index is 4.32. The van der Waals surface area contributed by atoms with E-state index in [1.807, 2.05) is 7.05 Å². The van der Waals surface area contributed by atoms with Crippen LogP contribution in [0.2, 0.25) is 0 Å². The molecule has 132 valence electrons. The Balaban J connectivity index is 0.00000441. The minimum absolute atomic E-state index is 0. The lowest BCUT2D eigenvalue weighted by Gasteiger charge is -2.40. The van der Waals surface area contributed by atoms with Crippen LogP contribution < -0.4 is 10.6 Å². The molecular formula is C16H36IN5. The number of unbranched alkanes of at least 4 members (excludes halogenated alkanes) is 1. The van der Waals surface area contributed by atoms with E-state index in [1.165, 1.54) is 39.0 Å². The molecule has 1 saturated heterocycles. The highest BCUT2D eigenvalue weighted by atomic mass is 127. The first-order valence-corrected chi connectivity index (χ1v) is 8.45. The van der Waals surface area contributed by atoms with Crippen LogP contribution in [0, 0.1) is 5.92 Å². The first kappa shape index (κ1) is 21.9. The Morgan fingerprint density at radius 1 is 1.14 bits per heavy atom. The van der Waals surface area contributed by atoms with E-state index in [1.54, 1.807) is 0 Å². The van der Waals surface area contributed by atoms with Gasteiger partial charge in [0.2, 0.25) is 0 Å². The Morgan fingerprint density at radius 3 is 2.27 bits per heavy atom. The second kappa shape index (κ2) is 12.4. The van der Waals surface area contributed by atoms with Gasteiger partial charge in [0.15, 0.2) is 5.96 Å². The molecule has 0 aromatic heterocycles. The topological polar surface area (TPSA) is 42.9 Å². The molecule has 6 heteroatoms. The average molecular weight is 425 g/mol. The predicted octanol–water partition coefficient (Wildman–Crippen LogP) is 1.84. The van der Waals surface area contributed by atoms with Crippen molar-refractivity contribution in [2.75, 3.05) is 53.4 Å². The highest BCUT2D eigenvalue weighted by molar-refractivity contribution is 14.0. The van der Waals surface area contributed by atoms with Crippen LogP contribution >= 0.6 is 24.0 Å². The van der Waals surface area contributed by atoms with Crippen LogP contribution in [-0.2, 0) is 0 Å². The molecule has 1 aliphatic heterocycles. The van der Waals surface area contributed by atoms with Gasteiger partial charge < -0.3 is 15.5 Å². The lowest BCUT2D eigenvalue weighted by molar-refractivity contribution is 0.0900. The minimum atomic E-state index is 0. The van der Waals surface area contributed by atoms with Crippen LogP contribution in [-0.4, -0.2) is 75.2 Å². The summed E-state index contributed by atoms with van der Waals surface area (Å²) in [7, 11) is 4.06.